The van der Waals surface area contributed by atoms with Crippen molar-refractivity contribution in [2.24, 2.45) is 22.4 Å². The number of hydrogen-bond donors (Lipinski definition) is 0. The highest BCUT2D eigenvalue weighted by Crippen LogP contribution is 2.63. The molecule has 1 aliphatic heterocycles. The minimum atomic E-state index is -0.300. The molecule has 0 radical (unpaired) electrons. The van der Waals surface area contributed by atoms with Crippen LogP contribution in [0.2, 0.25) is 0 Å². The van der Waals surface area contributed by atoms with Crippen LogP contribution < -0.4 is 0 Å². The number of rotatable bonds is 4. The first-order valence-corrected chi connectivity index (χ1v) is 11.8. The second-order valence-corrected chi connectivity index (χ2v) is 9.98. The van der Waals surface area contributed by atoms with Gasteiger partial charge in [-0.15, -0.1) is 0 Å². The number of carbonyl (C=O) groups is 1. The van der Waals surface area contributed by atoms with E-state index in [1.54, 1.807) is 11.2 Å². The Hall–Kier alpha value is -3.99. The van der Waals surface area contributed by atoms with Gasteiger partial charge in [-0.2, -0.15) is 15.5 Å². The first kappa shape index (κ1) is 19.5. The lowest BCUT2D eigenvalue weighted by Crippen LogP contribution is -2.45. The van der Waals surface area contributed by atoms with Gasteiger partial charge in [-0.05, 0) is 60.9 Å². The van der Waals surface area contributed by atoms with Gasteiger partial charge in [-0.25, -0.2) is 9.99 Å². The lowest BCUT2D eigenvalue weighted by atomic mass is 9.68. The maximum absolute atomic E-state index is 13.8. The number of nitriles is 1. The molecular formula is C26H23N7O. The molecule has 1 amide bonds. The molecule has 0 saturated heterocycles. The van der Waals surface area contributed by atoms with Crippen molar-refractivity contribution >= 4 is 28.7 Å². The molecule has 8 heteroatoms. The van der Waals surface area contributed by atoms with E-state index in [0.717, 1.165) is 54.3 Å². The Morgan fingerprint density at radius 2 is 2.12 bits per heavy atom. The standard InChI is InChI=1S/C26H23N7O/c27-13-17-1-3-22-19(9-17)14-30-32(22)16-21-12-26(10-20(21)11-26)25(34)33-23(5-6-29-33)18-2-4-24-28-7-8-31(24)15-18/h1-4,6-9,14-15,20-21,23H,5,10-12,16H2. The monoisotopic (exact) mass is 449 g/mol. The number of fused-ring (bicyclic) bond motifs is 3. The summed E-state index contributed by atoms with van der Waals surface area (Å²) in [4.78, 5) is 18.1. The molecule has 1 aromatic carbocycles. The predicted molar refractivity (Wildman–Crippen MR) is 126 cm³/mol. The molecule has 168 valence electrons. The number of hydrogen-bond acceptors (Lipinski definition) is 5. The molecule has 4 aliphatic rings. The van der Waals surface area contributed by atoms with Gasteiger partial charge in [0, 0.05) is 43.2 Å². The number of carbonyl (C=O) groups excluding carboxylic acids is 1. The number of amides is 1. The number of imidazole rings is 1. The topological polar surface area (TPSA) is 91.6 Å². The maximum Gasteiger partial charge on any atom is 0.249 e. The molecule has 3 fully saturated rings. The van der Waals surface area contributed by atoms with Crippen LogP contribution in [0.3, 0.4) is 0 Å². The molecule has 8 rings (SSSR count). The highest BCUT2D eigenvalue weighted by atomic mass is 16.2. The first-order chi connectivity index (χ1) is 16.6. The van der Waals surface area contributed by atoms with Crippen LogP contribution in [-0.2, 0) is 11.3 Å². The van der Waals surface area contributed by atoms with E-state index in [1.165, 1.54) is 0 Å². The van der Waals surface area contributed by atoms with Crippen molar-refractivity contribution in [2.45, 2.75) is 38.3 Å². The summed E-state index contributed by atoms with van der Waals surface area (Å²) in [6, 6.07) is 11.9. The number of pyridine rings is 1. The molecule has 0 spiro atoms. The van der Waals surface area contributed by atoms with E-state index in [2.05, 4.69) is 33.5 Å². The summed E-state index contributed by atoms with van der Waals surface area (Å²) in [5.74, 6) is 1.14. The van der Waals surface area contributed by atoms with E-state index in [-0.39, 0.29) is 17.4 Å². The fraction of sp³-hybridized carbons (Fsp3) is 0.346. The third-order valence-corrected chi connectivity index (χ3v) is 8.09. The van der Waals surface area contributed by atoms with Crippen molar-refractivity contribution in [1.82, 2.24) is 24.2 Å². The van der Waals surface area contributed by atoms with Crippen LogP contribution >= 0.6 is 0 Å². The average molecular weight is 450 g/mol. The number of aromatic nitrogens is 4. The molecule has 3 aliphatic carbocycles. The molecule has 0 N–H and O–H groups in total. The zero-order valence-corrected chi connectivity index (χ0v) is 18.6. The summed E-state index contributed by atoms with van der Waals surface area (Å²) in [7, 11) is 0. The van der Waals surface area contributed by atoms with Crippen LogP contribution in [0.5, 0.6) is 0 Å². The van der Waals surface area contributed by atoms with Gasteiger partial charge in [-0.3, -0.25) is 9.48 Å². The van der Waals surface area contributed by atoms with E-state index >= 15 is 0 Å². The summed E-state index contributed by atoms with van der Waals surface area (Å²) in [5.41, 5.74) is 3.37. The Bertz CT molecular complexity index is 1520. The number of benzene rings is 1. The molecule has 2 bridgehead atoms. The van der Waals surface area contributed by atoms with E-state index in [4.69, 9.17) is 5.26 Å². The lowest BCUT2D eigenvalue weighted by molar-refractivity contribution is -0.148. The Morgan fingerprint density at radius 1 is 1.21 bits per heavy atom. The Kier molecular flexibility index (Phi) is 4.01. The molecule has 3 saturated carbocycles. The molecule has 2 unspecified atom stereocenters. The molecule has 34 heavy (non-hydrogen) atoms. The Balaban J connectivity index is 1.10. The van der Waals surface area contributed by atoms with E-state index in [9.17, 15) is 4.79 Å². The summed E-state index contributed by atoms with van der Waals surface area (Å²) in [5, 5.41) is 21.0. The van der Waals surface area contributed by atoms with Gasteiger partial charge >= 0.3 is 0 Å². The second kappa shape index (κ2) is 7.00. The van der Waals surface area contributed by atoms with Crippen LogP contribution in [0.15, 0.2) is 60.2 Å². The van der Waals surface area contributed by atoms with Gasteiger partial charge < -0.3 is 4.40 Å². The average Bonchev–Trinajstić information content (AvgIpc) is 3.65. The molecular weight excluding hydrogens is 426 g/mol. The van der Waals surface area contributed by atoms with Gasteiger partial charge in [0.2, 0.25) is 5.91 Å². The summed E-state index contributed by atoms with van der Waals surface area (Å²) >= 11 is 0. The zero-order chi connectivity index (χ0) is 22.9. The second-order valence-electron chi connectivity index (χ2n) is 9.98. The van der Waals surface area contributed by atoms with Crippen molar-refractivity contribution < 1.29 is 4.79 Å². The molecule has 4 aromatic rings. The predicted octanol–water partition coefficient (Wildman–Crippen LogP) is 3.93. The van der Waals surface area contributed by atoms with E-state index in [1.807, 2.05) is 52.0 Å². The highest BCUT2D eigenvalue weighted by molar-refractivity contribution is 5.87. The lowest BCUT2D eigenvalue weighted by Gasteiger charge is -2.40. The van der Waals surface area contributed by atoms with E-state index < -0.39 is 0 Å². The van der Waals surface area contributed by atoms with Crippen molar-refractivity contribution in [2.75, 3.05) is 0 Å². The van der Waals surface area contributed by atoms with Gasteiger partial charge in [0.05, 0.1) is 34.8 Å². The Morgan fingerprint density at radius 3 is 3.00 bits per heavy atom. The number of hydrazone groups is 1. The maximum atomic E-state index is 13.8. The summed E-state index contributed by atoms with van der Waals surface area (Å²) in [6.07, 6.45) is 13.0. The number of nitrogens with zero attached hydrogens (tertiary/aromatic N) is 7. The summed E-state index contributed by atoms with van der Waals surface area (Å²) < 4.78 is 4.03. The summed E-state index contributed by atoms with van der Waals surface area (Å²) in [6.45, 7) is 0.805. The quantitative estimate of drug-likeness (QED) is 0.472. The molecule has 8 nitrogen and oxygen atoms in total. The normalized spacial score (nSPS) is 27.4. The van der Waals surface area contributed by atoms with Gasteiger partial charge in [0.25, 0.3) is 0 Å². The van der Waals surface area contributed by atoms with Crippen LogP contribution in [0.1, 0.15) is 42.9 Å². The van der Waals surface area contributed by atoms with Crippen LogP contribution in [0, 0.1) is 28.6 Å². The largest absolute Gasteiger partial charge is 0.307 e. The molecule has 2 atom stereocenters. The van der Waals surface area contributed by atoms with Gasteiger partial charge in [0.1, 0.15) is 5.65 Å². The fourth-order valence-electron chi connectivity index (χ4n) is 6.38. The van der Waals surface area contributed by atoms with E-state index in [0.29, 0.717) is 17.4 Å². The van der Waals surface area contributed by atoms with Crippen LogP contribution in [-0.4, -0.2) is 36.3 Å². The van der Waals surface area contributed by atoms with Crippen molar-refractivity contribution in [1.29, 1.82) is 5.26 Å². The smallest absolute Gasteiger partial charge is 0.249 e. The molecule has 3 aromatic heterocycles. The Labute approximate surface area is 196 Å². The fourth-order valence-corrected chi connectivity index (χ4v) is 6.38. The SMILES string of the molecule is N#Cc1ccc2c(cnn2CC2CC3(C(=O)N4N=CCC4c4ccc5nccn5c4)CC2C3)c1. The van der Waals surface area contributed by atoms with Gasteiger partial charge in [0.15, 0.2) is 0 Å². The third-order valence-electron chi connectivity index (χ3n) is 8.09. The minimum absolute atomic E-state index is 0.0591. The van der Waals surface area contributed by atoms with Crippen molar-refractivity contribution in [3.63, 3.8) is 0 Å². The van der Waals surface area contributed by atoms with Crippen LogP contribution in [0.25, 0.3) is 16.6 Å². The molecule has 4 heterocycles. The zero-order valence-electron chi connectivity index (χ0n) is 18.6. The minimum Gasteiger partial charge on any atom is -0.307 e. The van der Waals surface area contributed by atoms with Gasteiger partial charge in [-0.1, -0.05) is 6.07 Å². The van der Waals surface area contributed by atoms with Crippen molar-refractivity contribution in [3.05, 3.63) is 66.2 Å². The first-order valence-electron chi connectivity index (χ1n) is 11.8. The highest BCUT2D eigenvalue weighted by Gasteiger charge is 2.61. The van der Waals surface area contributed by atoms with Crippen LogP contribution in [0.4, 0.5) is 0 Å². The van der Waals surface area contributed by atoms with Crippen molar-refractivity contribution in [3.8, 4) is 6.07 Å². The third kappa shape index (κ3) is 2.76.